The van der Waals surface area contributed by atoms with Gasteiger partial charge in [-0.05, 0) is 31.0 Å². The van der Waals surface area contributed by atoms with Crippen molar-refractivity contribution in [3.05, 3.63) is 24.3 Å². The number of benzene rings is 1. The first-order valence-corrected chi connectivity index (χ1v) is 6.27. The average molecular weight is 236 g/mol. The minimum absolute atomic E-state index is 0.551. The number of anilines is 1. The highest BCUT2D eigenvalue weighted by molar-refractivity contribution is 5.57. The summed E-state index contributed by atoms with van der Waals surface area (Å²) >= 11 is 0. The zero-order valence-electron chi connectivity index (χ0n) is 11.1. The molecule has 1 unspecified atom stereocenters. The van der Waals surface area contributed by atoms with Crippen LogP contribution in [0, 0.1) is 5.92 Å². The Morgan fingerprint density at radius 2 is 2.06 bits per heavy atom. The van der Waals surface area contributed by atoms with Gasteiger partial charge in [0.05, 0.1) is 12.8 Å². The SMILES string of the molecule is CCCC(CN)CN(C)c1ccccc1OC. The highest BCUT2D eigenvalue weighted by Crippen LogP contribution is 2.27. The topological polar surface area (TPSA) is 38.5 Å². The van der Waals surface area contributed by atoms with Crippen molar-refractivity contribution in [3.63, 3.8) is 0 Å². The Kier molecular flexibility index (Phi) is 5.84. The van der Waals surface area contributed by atoms with E-state index in [1.54, 1.807) is 7.11 Å². The second kappa shape index (κ2) is 7.17. The van der Waals surface area contributed by atoms with Crippen LogP contribution in [0.15, 0.2) is 24.3 Å². The molecule has 3 nitrogen and oxygen atoms in total. The number of hydrogen-bond donors (Lipinski definition) is 1. The van der Waals surface area contributed by atoms with Crippen molar-refractivity contribution in [2.24, 2.45) is 11.7 Å². The monoisotopic (exact) mass is 236 g/mol. The summed E-state index contributed by atoms with van der Waals surface area (Å²) in [7, 11) is 3.80. The third-order valence-corrected chi connectivity index (χ3v) is 3.06. The molecule has 0 aliphatic rings. The maximum Gasteiger partial charge on any atom is 0.142 e. The van der Waals surface area contributed by atoms with E-state index in [-0.39, 0.29) is 0 Å². The lowest BCUT2D eigenvalue weighted by Crippen LogP contribution is -2.30. The van der Waals surface area contributed by atoms with Gasteiger partial charge in [0.1, 0.15) is 5.75 Å². The summed E-state index contributed by atoms with van der Waals surface area (Å²) < 4.78 is 5.37. The molecule has 0 heterocycles. The minimum Gasteiger partial charge on any atom is -0.495 e. The number of methoxy groups -OCH3 is 1. The Labute approximate surface area is 105 Å². The van der Waals surface area contributed by atoms with E-state index >= 15 is 0 Å². The first-order chi connectivity index (χ1) is 8.22. The third kappa shape index (κ3) is 3.93. The number of para-hydroxylation sites is 2. The van der Waals surface area contributed by atoms with E-state index in [1.807, 2.05) is 18.2 Å². The van der Waals surface area contributed by atoms with E-state index in [0.717, 1.165) is 24.5 Å². The van der Waals surface area contributed by atoms with Crippen molar-refractivity contribution >= 4 is 5.69 Å². The predicted octanol–water partition coefficient (Wildman–Crippen LogP) is 2.51. The molecule has 1 aromatic rings. The molecule has 0 spiro atoms. The number of nitrogens with zero attached hydrogens (tertiary/aromatic N) is 1. The second-order valence-electron chi connectivity index (χ2n) is 4.44. The average Bonchev–Trinajstić information content (AvgIpc) is 2.38. The lowest BCUT2D eigenvalue weighted by Gasteiger charge is -2.26. The van der Waals surface area contributed by atoms with Gasteiger partial charge in [-0.25, -0.2) is 0 Å². The van der Waals surface area contributed by atoms with E-state index in [2.05, 4.69) is 24.9 Å². The molecule has 0 aliphatic carbocycles. The van der Waals surface area contributed by atoms with E-state index in [0.29, 0.717) is 5.92 Å². The fraction of sp³-hybridized carbons (Fsp3) is 0.571. The van der Waals surface area contributed by atoms with E-state index in [9.17, 15) is 0 Å². The fourth-order valence-electron chi connectivity index (χ4n) is 2.12. The van der Waals surface area contributed by atoms with Crippen LogP contribution in [0.25, 0.3) is 0 Å². The van der Waals surface area contributed by atoms with Crippen LogP contribution < -0.4 is 15.4 Å². The molecule has 0 saturated carbocycles. The van der Waals surface area contributed by atoms with Gasteiger partial charge in [0, 0.05) is 13.6 Å². The molecular formula is C14H24N2O. The summed E-state index contributed by atoms with van der Waals surface area (Å²) in [6.07, 6.45) is 2.36. The Morgan fingerprint density at radius 3 is 2.65 bits per heavy atom. The molecule has 0 bridgehead atoms. The number of rotatable bonds is 7. The van der Waals surface area contributed by atoms with Gasteiger partial charge < -0.3 is 15.4 Å². The molecule has 96 valence electrons. The van der Waals surface area contributed by atoms with Crippen LogP contribution in [0.4, 0.5) is 5.69 Å². The van der Waals surface area contributed by atoms with Gasteiger partial charge in [0.25, 0.3) is 0 Å². The van der Waals surface area contributed by atoms with E-state index in [1.165, 1.54) is 12.8 Å². The summed E-state index contributed by atoms with van der Waals surface area (Å²) in [5, 5.41) is 0. The standard InChI is InChI=1S/C14H24N2O/c1-4-7-12(10-15)11-16(2)13-8-5-6-9-14(13)17-3/h5-6,8-9,12H,4,7,10-11,15H2,1-3H3. The van der Waals surface area contributed by atoms with Gasteiger partial charge in [-0.15, -0.1) is 0 Å². The molecule has 17 heavy (non-hydrogen) atoms. The van der Waals surface area contributed by atoms with Crippen LogP contribution in [-0.2, 0) is 0 Å². The van der Waals surface area contributed by atoms with Crippen molar-refractivity contribution in [2.75, 3.05) is 32.1 Å². The highest BCUT2D eigenvalue weighted by Gasteiger charge is 2.12. The van der Waals surface area contributed by atoms with Crippen molar-refractivity contribution in [1.82, 2.24) is 0 Å². The molecule has 0 amide bonds. The largest absolute Gasteiger partial charge is 0.495 e. The van der Waals surface area contributed by atoms with Gasteiger partial charge in [-0.1, -0.05) is 25.5 Å². The summed E-state index contributed by atoms with van der Waals surface area (Å²) in [5.41, 5.74) is 6.93. The molecule has 1 aromatic carbocycles. The summed E-state index contributed by atoms with van der Waals surface area (Å²) in [6.45, 7) is 3.92. The molecule has 0 fully saturated rings. The predicted molar refractivity (Wildman–Crippen MR) is 73.7 cm³/mol. The van der Waals surface area contributed by atoms with Crippen molar-refractivity contribution < 1.29 is 4.74 Å². The van der Waals surface area contributed by atoms with Crippen LogP contribution in [0.5, 0.6) is 5.75 Å². The zero-order valence-corrected chi connectivity index (χ0v) is 11.1. The molecule has 0 radical (unpaired) electrons. The maximum absolute atomic E-state index is 5.80. The number of hydrogen-bond acceptors (Lipinski definition) is 3. The number of nitrogens with two attached hydrogens (primary N) is 1. The highest BCUT2D eigenvalue weighted by atomic mass is 16.5. The van der Waals surface area contributed by atoms with Crippen LogP contribution in [0.1, 0.15) is 19.8 Å². The lowest BCUT2D eigenvalue weighted by atomic mass is 10.0. The molecule has 0 aromatic heterocycles. The van der Waals surface area contributed by atoms with Crippen LogP contribution in [-0.4, -0.2) is 27.2 Å². The molecule has 0 saturated heterocycles. The quantitative estimate of drug-likeness (QED) is 0.790. The van der Waals surface area contributed by atoms with Crippen molar-refractivity contribution in [1.29, 1.82) is 0 Å². The first-order valence-electron chi connectivity index (χ1n) is 6.27. The molecular weight excluding hydrogens is 212 g/mol. The Hall–Kier alpha value is -1.22. The van der Waals surface area contributed by atoms with Crippen molar-refractivity contribution in [3.8, 4) is 5.75 Å². The minimum atomic E-state index is 0.551. The van der Waals surface area contributed by atoms with Gasteiger partial charge in [-0.3, -0.25) is 0 Å². The van der Waals surface area contributed by atoms with Gasteiger partial charge in [-0.2, -0.15) is 0 Å². The lowest BCUT2D eigenvalue weighted by molar-refractivity contribution is 0.412. The van der Waals surface area contributed by atoms with Crippen LogP contribution in [0.2, 0.25) is 0 Å². The Balaban J connectivity index is 2.71. The Morgan fingerprint density at radius 1 is 1.35 bits per heavy atom. The molecule has 1 rings (SSSR count). The van der Waals surface area contributed by atoms with Gasteiger partial charge in [0.2, 0.25) is 0 Å². The first kappa shape index (κ1) is 13.8. The van der Waals surface area contributed by atoms with E-state index in [4.69, 9.17) is 10.5 Å². The fourth-order valence-corrected chi connectivity index (χ4v) is 2.12. The number of ether oxygens (including phenoxy) is 1. The van der Waals surface area contributed by atoms with Crippen LogP contribution in [0.3, 0.4) is 0 Å². The third-order valence-electron chi connectivity index (χ3n) is 3.06. The van der Waals surface area contributed by atoms with Gasteiger partial charge >= 0.3 is 0 Å². The smallest absolute Gasteiger partial charge is 0.142 e. The zero-order chi connectivity index (χ0) is 12.7. The molecule has 1 atom stereocenters. The Bertz CT molecular complexity index is 328. The van der Waals surface area contributed by atoms with Crippen LogP contribution >= 0.6 is 0 Å². The second-order valence-corrected chi connectivity index (χ2v) is 4.44. The van der Waals surface area contributed by atoms with Crippen molar-refractivity contribution in [2.45, 2.75) is 19.8 Å². The summed E-state index contributed by atoms with van der Waals surface area (Å²) in [6, 6.07) is 8.09. The maximum atomic E-state index is 5.80. The normalized spacial score (nSPS) is 12.2. The molecule has 0 aliphatic heterocycles. The molecule has 3 heteroatoms. The van der Waals surface area contributed by atoms with Gasteiger partial charge in [0.15, 0.2) is 0 Å². The molecule has 2 N–H and O–H groups in total. The summed E-state index contributed by atoms with van der Waals surface area (Å²) in [4.78, 5) is 2.23. The summed E-state index contributed by atoms with van der Waals surface area (Å²) in [5.74, 6) is 1.47. The van der Waals surface area contributed by atoms with E-state index < -0.39 is 0 Å².